The number of carbonyl (C=O) groups is 1. The van der Waals surface area contributed by atoms with E-state index in [0.717, 1.165) is 34.8 Å². The number of hydrogen-bond donors (Lipinski definition) is 0. The lowest BCUT2D eigenvalue weighted by atomic mass is 10.0. The SMILES string of the molecule is N#CCCCCCCC(=O)c1ccccc1I. The fourth-order valence-corrected chi connectivity index (χ4v) is 2.35. The van der Waals surface area contributed by atoms with E-state index in [4.69, 9.17) is 5.26 Å². The minimum atomic E-state index is 0.232. The van der Waals surface area contributed by atoms with Gasteiger partial charge in [0.1, 0.15) is 0 Å². The van der Waals surface area contributed by atoms with Crippen LogP contribution in [0.5, 0.6) is 0 Å². The number of Topliss-reactive ketones (excluding diaryl/α,β-unsaturated/α-hetero) is 1. The van der Waals surface area contributed by atoms with Crippen molar-refractivity contribution in [1.29, 1.82) is 5.26 Å². The van der Waals surface area contributed by atoms with Gasteiger partial charge in [0, 0.05) is 22.0 Å². The van der Waals surface area contributed by atoms with E-state index < -0.39 is 0 Å². The molecule has 0 aliphatic heterocycles. The van der Waals surface area contributed by atoms with Gasteiger partial charge < -0.3 is 0 Å². The number of nitrogens with zero attached hydrogens (tertiary/aromatic N) is 1. The lowest BCUT2D eigenvalue weighted by Gasteiger charge is -2.03. The lowest BCUT2D eigenvalue weighted by Crippen LogP contribution is -2.01. The predicted molar refractivity (Wildman–Crippen MR) is 76.8 cm³/mol. The highest BCUT2D eigenvalue weighted by Gasteiger charge is 2.08. The van der Waals surface area contributed by atoms with Gasteiger partial charge in [0.2, 0.25) is 0 Å². The summed E-state index contributed by atoms with van der Waals surface area (Å²) in [5.41, 5.74) is 0.838. The van der Waals surface area contributed by atoms with Gasteiger partial charge in [-0.15, -0.1) is 0 Å². The Hall–Kier alpha value is -0.890. The Morgan fingerprint density at radius 2 is 1.88 bits per heavy atom. The first-order valence-electron chi connectivity index (χ1n) is 5.90. The number of rotatable bonds is 7. The zero-order valence-electron chi connectivity index (χ0n) is 9.79. The molecule has 0 aliphatic carbocycles. The van der Waals surface area contributed by atoms with Gasteiger partial charge in [-0.05, 0) is 41.5 Å². The van der Waals surface area contributed by atoms with Crippen LogP contribution in [0.3, 0.4) is 0 Å². The predicted octanol–water partition coefficient (Wildman–Crippen LogP) is 4.34. The molecule has 0 radical (unpaired) electrons. The van der Waals surface area contributed by atoms with Gasteiger partial charge in [0.05, 0.1) is 6.07 Å². The zero-order valence-corrected chi connectivity index (χ0v) is 11.9. The highest BCUT2D eigenvalue weighted by atomic mass is 127. The fraction of sp³-hybridized carbons (Fsp3) is 0.429. The number of carbonyl (C=O) groups excluding carboxylic acids is 1. The van der Waals surface area contributed by atoms with Crippen LogP contribution in [0.15, 0.2) is 24.3 Å². The van der Waals surface area contributed by atoms with Crippen molar-refractivity contribution in [3.05, 3.63) is 33.4 Å². The molecular weight excluding hydrogens is 325 g/mol. The third-order valence-electron chi connectivity index (χ3n) is 2.62. The van der Waals surface area contributed by atoms with E-state index >= 15 is 0 Å². The summed E-state index contributed by atoms with van der Waals surface area (Å²) in [5, 5.41) is 8.39. The molecule has 0 heterocycles. The Bertz CT molecular complexity index is 409. The Morgan fingerprint density at radius 1 is 1.18 bits per heavy atom. The van der Waals surface area contributed by atoms with Crippen molar-refractivity contribution in [2.75, 3.05) is 0 Å². The van der Waals surface area contributed by atoms with Gasteiger partial charge in [-0.2, -0.15) is 5.26 Å². The van der Waals surface area contributed by atoms with Crippen LogP contribution in [-0.4, -0.2) is 5.78 Å². The Balaban J connectivity index is 2.27. The minimum absolute atomic E-state index is 0.232. The van der Waals surface area contributed by atoms with E-state index in [1.807, 2.05) is 24.3 Å². The Morgan fingerprint density at radius 3 is 2.59 bits per heavy atom. The first-order chi connectivity index (χ1) is 8.25. The molecule has 2 nitrogen and oxygen atoms in total. The van der Waals surface area contributed by atoms with Crippen molar-refractivity contribution in [3.8, 4) is 6.07 Å². The van der Waals surface area contributed by atoms with Crippen LogP contribution in [0.1, 0.15) is 48.9 Å². The van der Waals surface area contributed by atoms with Gasteiger partial charge in [-0.3, -0.25) is 4.79 Å². The second-order valence-electron chi connectivity index (χ2n) is 3.98. The van der Waals surface area contributed by atoms with Crippen LogP contribution in [0, 0.1) is 14.9 Å². The molecular formula is C14H16INO. The number of benzene rings is 1. The summed E-state index contributed by atoms with van der Waals surface area (Å²) >= 11 is 2.20. The van der Waals surface area contributed by atoms with Crippen LogP contribution in [0.4, 0.5) is 0 Å². The van der Waals surface area contributed by atoms with Crippen molar-refractivity contribution < 1.29 is 4.79 Å². The molecule has 0 saturated carbocycles. The highest BCUT2D eigenvalue weighted by Crippen LogP contribution is 2.15. The van der Waals surface area contributed by atoms with Crippen LogP contribution < -0.4 is 0 Å². The molecule has 3 heteroatoms. The van der Waals surface area contributed by atoms with Crippen LogP contribution >= 0.6 is 22.6 Å². The molecule has 0 N–H and O–H groups in total. The van der Waals surface area contributed by atoms with Crippen LogP contribution in [0.2, 0.25) is 0 Å². The number of halogens is 1. The number of ketones is 1. The van der Waals surface area contributed by atoms with Gasteiger partial charge in [0.15, 0.2) is 5.78 Å². The van der Waals surface area contributed by atoms with E-state index in [2.05, 4.69) is 28.7 Å². The number of unbranched alkanes of at least 4 members (excludes halogenated alkanes) is 4. The van der Waals surface area contributed by atoms with E-state index in [9.17, 15) is 4.79 Å². The largest absolute Gasteiger partial charge is 0.294 e. The third-order valence-corrected chi connectivity index (χ3v) is 3.56. The van der Waals surface area contributed by atoms with Crippen molar-refractivity contribution in [3.63, 3.8) is 0 Å². The molecule has 0 unspecified atom stereocenters. The molecule has 90 valence electrons. The van der Waals surface area contributed by atoms with Gasteiger partial charge in [-0.25, -0.2) is 0 Å². The topological polar surface area (TPSA) is 40.9 Å². The van der Waals surface area contributed by atoms with Crippen molar-refractivity contribution >= 4 is 28.4 Å². The van der Waals surface area contributed by atoms with Crippen molar-refractivity contribution in [2.45, 2.75) is 38.5 Å². The summed E-state index contributed by atoms with van der Waals surface area (Å²) in [7, 11) is 0. The molecule has 1 rings (SSSR count). The second kappa shape index (κ2) is 8.24. The first kappa shape index (κ1) is 14.2. The lowest BCUT2D eigenvalue weighted by molar-refractivity contribution is 0.0978. The molecule has 17 heavy (non-hydrogen) atoms. The third kappa shape index (κ3) is 5.31. The van der Waals surface area contributed by atoms with E-state index in [1.165, 1.54) is 0 Å². The maximum Gasteiger partial charge on any atom is 0.163 e. The molecule has 0 aliphatic rings. The van der Waals surface area contributed by atoms with E-state index in [0.29, 0.717) is 12.8 Å². The second-order valence-corrected chi connectivity index (χ2v) is 5.14. The van der Waals surface area contributed by atoms with Gasteiger partial charge in [-0.1, -0.05) is 31.0 Å². The molecule has 0 fully saturated rings. The number of hydrogen-bond acceptors (Lipinski definition) is 2. The van der Waals surface area contributed by atoms with Gasteiger partial charge in [0.25, 0.3) is 0 Å². The van der Waals surface area contributed by atoms with E-state index in [-0.39, 0.29) is 5.78 Å². The highest BCUT2D eigenvalue weighted by molar-refractivity contribution is 14.1. The summed E-state index contributed by atoms with van der Waals surface area (Å²) < 4.78 is 1.03. The standard InChI is InChI=1S/C14H16INO/c15-13-9-6-5-8-12(13)14(17)10-4-2-1-3-7-11-16/h5-6,8-9H,1-4,7,10H2. The first-order valence-corrected chi connectivity index (χ1v) is 6.98. The Kier molecular flexibility index (Phi) is 6.87. The fourth-order valence-electron chi connectivity index (χ4n) is 1.67. The Labute approximate surface area is 116 Å². The summed E-state index contributed by atoms with van der Waals surface area (Å²) in [6, 6.07) is 9.83. The summed E-state index contributed by atoms with van der Waals surface area (Å²) in [6.45, 7) is 0. The summed E-state index contributed by atoms with van der Waals surface area (Å²) in [4.78, 5) is 11.9. The smallest absolute Gasteiger partial charge is 0.163 e. The maximum absolute atomic E-state index is 11.9. The van der Waals surface area contributed by atoms with Crippen molar-refractivity contribution in [1.82, 2.24) is 0 Å². The molecule has 0 saturated heterocycles. The summed E-state index contributed by atoms with van der Waals surface area (Å²) in [5.74, 6) is 0.232. The normalized spacial score (nSPS) is 9.88. The minimum Gasteiger partial charge on any atom is -0.294 e. The zero-order chi connectivity index (χ0) is 12.5. The van der Waals surface area contributed by atoms with Gasteiger partial charge >= 0.3 is 0 Å². The number of nitriles is 1. The summed E-state index contributed by atoms with van der Waals surface area (Å²) in [6.07, 6.45) is 5.21. The average Bonchev–Trinajstić information content (AvgIpc) is 2.34. The van der Waals surface area contributed by atoms with Crippen molar-refractivity contribution in [2.24, 2.45) is 0 Å². The molecule has 1 aromatic carbocycles. The molecule has 0 atom stereocenters. The van der Waals surface area contributed by atoms with E-state index in [1.54, 1.807) is 0 Å². The monoisotopic (exact) mass is 341 g/mol. The molecule has 0 amide bonds. The molecule has 1 aromatic rings. The average molecular weight is 341 g/mol. The molecule has 0 aromatic heterocycles. The molecule has 0 bridgehead atoms. The van der Waals surface area contributed by atoms with Crippen LogP contribution in [-0.2, 0) is 0 Å². The molecule has 0 spiro atoms. The quantitative estimate of drug-likeness (QED) is 0.421. The maximum atomic E-state index is 11.9. The van der Waals surface area contributed by atoms with Crippen LogP contribution in [0.25, 0.3) is 0 Å².